The van der Waals surface area contributed by atoms with Gasteiger partial charge in [-0.3, -0.25) is 9.69 Å². The van der Waals surface area contributed by atoms with Crippen LogP contribution in [0.2, 0.25) is 0 Å². The number of hydrogen-bond acceptors (Lipinski definition) is 3. The number of amides is 1. The Labute approximate surface area is 196 Å². The van der Waals surface area contributed by atoms with E-state index in [9.17, 15) is 18.0 Å². The lowest BCUT2D eigenvalue weighted by Crippen LogP contribution is -2.33. The molecule has 2 N–H and O–H groups in total. The number of carbonyl (C=O) groups is 1. The van der Waals surface area contributed by atoms with E-state index in [1.807, 2.05) is 36.4 Å². The molecule has 1 saturated heterocycles. The van der Waals surface area contributed by atoms with Gasteiger partial charge in [0.1, 0.15) is 5.75 Å². The summed E-state index contributed by atoms with van der Waals surface area (Å²) < 4.78 is 44.0. The van der Waals surface area contributed by atoms with E-state index >= 15 is 0 Å². The van der Waals surface area contributed by atoms with Crippen LogP contribution in [0.15, 0.2) is 54.7 Å². The summed E-state index contributed by atoms with van der Waals surface area (Å²) in [5.74, 6) is 1.81. The number of ether oxygens (including phenoxy) is 1. The standard InChI is InChI=1S/C26H28F3N3O2/c27-26(28,29)16-32-14-19-10-17(11-20(19)15-32)8-9-34-21-6-7-23-22(12-21)24(13-30-23)31-25(33)18-4-2-1-3-5-18/h1-7,12-13,17,19-20,30H,8-11,14-16H2,(H,31,33)/t17-,19-,20?/m0/s1. The highest BCUT2D eigenvalue weighted by Gasteiger charge is 2.43. The van der Waals surface area contributed by atoms with E-state index in [0.717, 1.165) is 35.9 Å². The highest BCUT2D eigenvalue weighted by molar-refractivity contribution is 6.09. The van der Waals surface area contributed by atoms with Crippen LogP contribution in [0.4, 0.5) is 18.9 Å². The van der Waals surface area contributed by atoms with Gasteiger partial charge < -0.3 is 15.0 Å². The van der Waals surface area contributed by atoms with Gasteiger partial charge in [0.25, 0.3) is 5.91 Å². The van der Waals surface area contributed by atoms with Crippen molar-refractivity contribution in [2.75, 3.05) is 31.6 Å². The monoisotopic (exact) mass is 471 g/mol. The number of alkyl halides is 3. The number of aromatic amines is 1. The van der Waals surface area contributed by atoms with Crippen LogP contribution in [-0.2, 0) is 0 Å². The molecule has 2 fully saturated rings. The van der Waals surface area contributed by atoms with Crippen molar-refractivity contribution in [1.29, 1.82) is 0 Å². The number of rotatable bonds is 7. The Morgan fingerprint density at radius 3 is 2.53 bits per heavy atom. The Hall–Kier alpha value is -3.00. The molecule has 1 aromatic heterocycles. The number of fused-ring (bicyclic) bond motifs is 2. The summed E-state index contributed by atoms with van der Waals surface area (Å²) in [5, 5.41) is 3.83. The third-order valence-corrected chi connectivity index (χ3v) is 7.06. The molecule has 2 aromatic carbocycles. The molecule has 5 nitrogen and oxygen atoms in total. The maximum absolute atomic E-state index is 12.6. The Morgan fingerprint density at radius 1 is 1.09 bits per heavy atom. The Balaban J connectivity index is 1.13. The normalized spacial score (nSPS) is 22.7. The first-order valence-corrected chi connectivity index (χ1v) is 11.7. The van der Waals surface area contributed by atoms with Crippen LogP contribution >= 0.6 is 0 Å². The largest absolute Gasteiger partial charge is 0.494 e. The third-order valence-electron chi connectivity index (χ3n) is 7.06. The molecular weight excluding hydrogens is 443 g/mol. The summed E-state index contributed by atoms with van der Waals surface area (Å²) in [6, 6.07) is 14.8. The van der Waals surface area contributed by atoms with Crippen molar-refractivity contribution in [3.05, 3.63) is 60.3 Å². The molecule has 3 atom stereocenters. The summed E-state index contributed by atoms with van der Waals surface area (Å²) in [7, 11) is 0. The van der Waals surface area contributed by atoms with Crippen molar-refractivity contribution in [2.24, 2.45) is 17.8 Å². The molecule has 1 aliphatic heterocycles. The highest BCUT2D eigenvalue weighted by atomic mass is 19.4. The maximum Gasteiger partial charge on any atom is 0.401 e. The molecule has 2 heterocycles. The van der Waals surface area contributed by atoms with Gasteiger partial charge in [-0.25, -0.2) is 0 Å². The van der Waals surface area contributed by atoms with Crippen molar-refractivity contribution < 1.29 is 22.7 Å². The van der Waals surface area contributed by atoms with Crippen molar-refractivity contribution in [1.82, 2.24) is 9.88 Å². The smallest absolute Gasteiger partial charge is 0.401 e. The molecule has 2 aliphatic rings. The Kier molecular flexibility index (Phi) is 6.25. The number of likely N-dealkylation sites (tertiary alicyclic amines) is 1. The number of hydrogen-bond donors (Lipinski definition) is 2. The van der Waals surface area contributed by atoms with E-state index in [-0.39, 0.29) is 5.91 Å². The first-order chi connectivity index (χ1) is 16.3. The van der Waals surface area contributed by atoms with E-state index in [1.165, 1.54) is 0 Å². The Bertz CT molecular complexity index is 1130. The summed E-state index contributed by atoms with van der Waals surface area (Å²) in [6.45, 7) is 0.896. The number of benzene rings is 2. The van der Waals surface area contributed by atoms with E-state index in [0.29, 0.717) is 48.7 Å². The number of nitrogens with one attached hydrogen (secondary N) is 2. The number of halogens is 3. The van der Waals surface area contributed by atoms with Gasteiger partial charge in [0.05, 0.1) is 18.8 Å². The van der Waals surface area contributed by atoms with E-state index in [1.54, 1.807) is 23.2 Å². The Morgan fingerprint density at radius 2 is 1.82 bits per heavy atom. The predicted octanol–water partition coefficient (Wildman–Crippen LogP) is 5.71. The number of anilines is 1. The van der Waals surface area contributed by atoms with E-state index < -0.39 is 12.7 Å². The summed E-state index contributed by atoms with van der Waals surface area (Å²) in [5.41, 5.74) is 2.19. The number of nitrogens with zero attached hydrogens (tertiary/aromatic N) is 1. The van der Waals surface area contributed by atoms with Gasteiger partial charge in [-0.2, -0.15) is 13.2 Å². The van der Waals surface area contributed by atoms with E-state index in [2.05, 4.69) is 10.3 Å². The molecule has 34 heavy (non-hydrogen) atoms. The zero-order valence-corrected chi connectivity index (χ0v) is 18.8. The molecule has 8 heteroatoms. The lowest BCUT2D eigenvalue weighted by Gasteiger charge is -2.20. The second-order valence-electron chi connectivity index (χ2n) is 9.53. The summed E-state index contributed by atoms with van der Waals surface area (Å²) >= 11 is 0. The molecular formula is C26H28F3N3O2. The van der Waals surface area contributed by atoms with Crippen molar-refractivity contribution >= 4 is 22.5 Å². The molecule has 1 amide bonds. The number of aromatic nitrogens is 1. The van der Waals surface area contributed by atoms with Gasteiger partial charge in [-0.05, 0) is 67.3 Å². The molecule has 180 valence electrons. The topological polar surface area (TPSA) is 57.4 Å². The minimum Gasteiger partial charge on any atom is -0.494 e. The maximum atomic E-state index is 12.6. The first-order valence-electron chi connectivity index (χ1n) is 11.7. The van der Waals surface area contributed by atoms with Gasteiger partial charge in [0.2, 0.25) is 0 Å². The van der Waals surface area contributed by atoms with Gasteiger partial charge in [0.15, 0.2) is 0 Å². The SMILES string of the molecule is O=C(Nc1c[nH]c2ccc(OCC[C@@H]3CC4CN(CC(F)(F)F)C[C@@H]4C3)cc12)c1ccccc1. The average Bonchev–Trinajstić information content (AvgIpc) is 3.46. The fourth-order valence-electron chi connectivity index (χ4n) is 5.56. The quantitative estimate of drug-likeness (QED) is 0.464. The van der Waals surface area contributed by atoms with Crippen LogP contribution in [0.25, 0.3) is 10.9 Å². The molecule has 3 aromatic rings. The van der Waals surface area contributed by atoms with Crippen molar-refractivity contribution in [3.8, 4) is 5.75 Å². The van der Waals surface area contributed by atoms with Gasteiger partial charge >= 0.3 is 6.18 Å². The molecule has 1 saturated carbocycles. The molecule has 0 radical (unpaired) electrons. The molecule has 0 bridgehead atoms. The van der Waals surface area contributed by atoms with Gasteiger partial charge in [-0.15, -0.1) is 0 Å². The zero-order valence-electron chi connectivity index (χ0n) is 18.8. The van der Waals surface area contributed by atoms with Crippen LogP contribution in [0, 0.1) is 17.8 Å². The second kappa shape index (κ2) is 9.33. The number of H-pyrrole nitrogens is 1. The molecule has 5 rings (SSSR count). The van der Waals surface area contributed by atoms with Crippen LogP contribution in [0.1, 0.15) is 29.6 Å². The third kappa shape index (κ3) is 5.22. The van der Waals surface area contributed by atoms with Crippen LogP contribution in [0.3, 0.4) is 0 Å². The lowest BCUT2D eigenvalue weighted by molar-refractivity contribution is -0.144. The minimum absolute atomic E-state index is 0.173. The predicted molar refractivity (Wildman–Crippen MR) is 125 cm³/mol. The van der Waals surface area contributed by atoms with Gasteiger partial charge in [-0.1, -0.05) is 18.2 Å². The highest BCUT2D eigenvalue weighted by Crippen LogP contribution is 2.43. The van der Waals surface area contributed by atoms with Crippen LogP contribution < -0.4 is 10.1 Å². The average molecular weight is 472 g/mol. The lowest BCUT2D eigenvalue weighted by atomic mass is 10.0. The molecule has 0 spiro atoms. The molecule has 1 unspecified atom stereocenters. The van der Waals surface area contributed by atoms with Crippen molar-refractivity contribution in [2.45, 2.75) is 25.4 Å². The van der Waals surface area contributed by atoms with Crippen LogP contribution in [0.5, 0.6) is 5.75 Å². The molecule has 1 aliphatic carbocycles. The number of carbonyl (C=O) groups excluding carboxylic acids is 1. The summed E-state index contributed by atoms with van der Waals surface area (Å²) in [4.78, 5) is 17.2. The minimum atomic E-state index is -4.11. The fraction of sp³-hybridized carbons (Fsp3) is 0.423. The first kappa shape index (κ1) is 22.8. The second-order valence-corrected chi connectivity index (χ2v) is 9.53. The zero-order chi connectivity index (χ0) is 23.7. The van der Waals surface area contributed by atoms with Crippen molar-refractivity contribution in [3.63, 3.8) is 0 Å². The van der Waals surface area contributed by atoms with E-state index in [4.69, 9.17) is 4.74 Å². The van der Waals surface area contributed by atoms with Gasteiger partial charge in [0, 0.05) is 35.8 Å². The van der Waals surface area contributed by atoms with Crippen LogP contribution in [-0.4, -0.2) is 48.2 Å². The fourth-order valence-corrected chi connectivity index (χ4v) is 5.56. The summed E-state index contributed by atoms with van der Waals surface area (Å²) in [6.07, 6.45) is 0.518.